The Balaban J connectivity index is 0.000000390. The third-order valence-electron chi connectivity index (χ3n) is 9.27. The minimum atomic E-state index is -0.752. The first kappa shape index (κ1) is 53.1. The highest BCUT2D eigenvalue weighted by molar-refractivity contribution is 9.10. The van der Waals surface area contributed by atoms with Crippen LogP contribution in [-0.2, 0) is 28.1 Å². The van der Waals surface area contributed by atoms with Gasteiger partial charge in [-0.1, -0.05) is 80.4 Å². The average molecular weight is 961 g/mol. The summed E-state index contributed by atoms with van der Waals surface area (Å²) in [5.74, 6) is 0. The lowest BCUT2D eigenvalue weighted by atomic mass is 9.86. The van der Waals surface area contributed by atoms with Gasteiger partial charge in [0.05, 0.1) is 74.7 Å². The number of nitrogens with zero attached hydrogens (tertiary/aromatic N) is 6. The molecule has 0 aliphatic heterocycles. The Kier molecular flexibility index (Phi) is 20.4. The molecule has 0 saturated heterocycles. The Morgan fingerprint density at radius 2 is 0.839 bits per heavy atom. The van der Waals surface area contributed by atoms with Crippen molar-refractivity contribution in [3.8, 4) is 30.3 Å². The van der Waals surface area contributed by atoms with Crippen LogP contribution in [0.5, 0.6) is 0 Å². The summed E-state index contributed by atoms with van der Waals surface area (Å²) in [5.41, 5.74) is 26.5. The van der Waals surface area contributed by atoms with Gasteiger partial charge in [0, 0.05) is 20.7 Å². The first-order valence-corrected chi connectivity index (χ1v) is 20.5. The van der Waals surface area contributed by atoms with E-state index in [1.54, 1.807) is 32.0 Å². The molecule has 0 unspecified atom stereocenters. The lowest BCUT2D eigenvalue weighted by Crippen LogP contribution is -2.14. The molecule has 0 atom stereocenters. The Labute approximate surface area is 382 Å². The minimum absolute atomic E-state index is 0.109. The van der Waals surface area contributed by atoms with Crippen molar-refractivity contribution in [1.29, 1.82) is 26.3 Å². The maximum absolute atomic E-state index is 10.6. The van der Waals surface area contributed by atoms with E-state index in [1.165, 1.54) is 12.1 Å². The van der Waals surface area contributed by atoms with Crippen molar-refractivity contribution in [2.45, 2.75) is 83.5 Å². The zero-order chi connectivity index (χ0) is 47.5. The topological polar surface area (TPSA) is 266 Å². The van der Waals surface area contributed by atoms with Crippen LogP contribution >= 0.6 is 31.9 Å². The van der Waals surface area contributed by atoms with Gasteiger partial charge in [-0.2, -0.15) is 26.3 Å². The predicted molar refractivity (Wildman–Crippen MR) is 256 cm³/mol. The lowest BCUT2D eigenvalue weighted by molar-refractivity contribution is -0.384. The van der Waals surface area contributed by atoms with E-state index in [2.05, 4.69) is 62.2 Å². The summed E-state index contributed by atoms with van der Waals surface area (Å²) < 4.78 is 2.09. The van der Waals surface area contributed by atoms with Crippen LogP contribution in [-0.4, -0.2) is 4.92 Å². The van der Waals surface area contributed by atoms with E-state index in [4.69, 9.17) is 49.2 Å². The standard InChI is InChI=1S/C10H10BrN.C10H11N3O2.C10H13N3.C10H12N2.C8H6BrN/c1-10(2,7-12)8-3-5-9(11)6-4-8;1-10(2,6-11)7-3-4-8(12)9(5-7)13(14)15;1-10(2,6-11)7-3-4-8(12)9(13)5-7;1-10(2,7-11)8-3-5-9(12)6-4-8;9-8-3-1-7(2-4-8)5-6-10/h3-6H,1-2H3;3-5H,12H2,1-2H3;3-5H,12-13H2,1-2H3;3-6H,12H2,1-2H3;1-4H,5H2. The van der Waals surface area contributed by atoms with E-state index in [0.717, 1.165) is 36.9 Å². The highest BCUT2D eigenvalue weighted by Gasteiger charge is 2.24. The summed E-state index contributed by atoms with van der Waals surface area (Å²) >= 11 is 6.66. The number of halogens is 2. The number of nitrogens with two attached hydrogens (primary N) is 4. The summed E-state index contributed by atoms with van der Waals surface area (Å²) in [5, 5.41) is 54.4. The monoisotopic (exact) mass is 958 g/mol. The van der Waals surface area contributed by atoms with E-state index < -0.39 is 21.2 Å². The van der Waals surface area contributed by atoms with Crippen molar-refractivity contribution < 1.29 is 4.92 Å². The summed E-state index contributed by atoms with van der Waals surface area (Å²) in [6.45, 7) is 14.7. The van der Waals surface area contributed by atoms with Gasteiger partial charge in [-0.3, -0.25) is 10.1 Å². The molecule has 0 heterocycles. The summed E-state index contributed by atoms with van der Waals surface area (Å²) in [4.78, 5) is 10.1. The fourth-order valence-electron chi connectivity index (χ4n) is 4.77. The van der Waals surface area contributed by atoms with Crippen LogP contribution in [0.25, 0.3) is 0 Å². The van der Waals surface area contributed by atoms with Gasteiger partial charge in [-0.15, -0.1) is 0 Å². The number of rotatable bonds is 6. The quantitative estimate of drug-likeness (QED) is 0.0706. The van der Waals surface area contributed by atoms with E-state index in [0.29, 0.717) is 23.4 Å². The summed E-state index contributed by atoms with van der Waals surface area (Å²) in [7, 11) is 0. The van der Waals surface area contributed by atoms with Gasteiger partial charge in [0.25, 0.3) is 5.69 Å². The van der Waals surface area contributed by atoms with Gasteiger partial charge in [-0.05, 0) is 138 Å². The van der Waals surface area contributed by atoms with Crippen LogP contribution in [0.1, 0.15) is 83.2 Å². The third kappa shape index (κ3) is 17.0. The van der Waals surface area contributed by atoms with Crippen LogP contribution in [0.3, 0.4) is 0 Å². The molecule has 0 fully saturated rings. The molecule has 0 aliphatic rings. The van der Waals surface area contributed by atoms with Gasteiger partial charge in [0.15, 0.2) is 0 Å². The van der Waals surface area contributed by atoms with Crippen LogP contribution in [0.15, 0.2) is 118 Å². The molecule has 62 heavy (non-hydrogen) atoms. The first-order valence-electron chi connectivity index (χ1n) is 18.9. The number of nitrogen functional groups attached to an aromatic ring is 4. The van der Waals surface area contributed by atoms with Crippen molar-refractivity contribution in [3.05, 3.63) is 156 Å². The van der Waals surface area contributed by atoms with Gasteiger partial charge in [0.2, 0.25) is 0 Å². The molecule has 12 nitrogen and oxygen atoms in total. The fourth-order valence-corrected chi connectivity index (χ4v) is 5.30. The lowest BCUT2D eigenvalue weighted by Gasteiger charge is -2.16. The summed E-state index contributed by atoms with van der Waals surface area (Å²) in [6, 6.07) is 43.6. The summed E-state index contributed by atoms with van der Waals surface area (Å²) in [6.07, 6.45) is 0.493. The van der Waals surface area contributed by atoms with Crippen LogP contribution in [0.4, 0.5) is 28.4 Å². The Bertz CT molecular complexity index is 2410. The SMILES string of the molecule is CC(C)(C#N)c1ccc(Br)cc1.CC(C)(C#N)c1ccc(N)c(N)c1.CC(C)(C#N)c1ccc(N)c([N+](=O)[O-])c1.CC(C)(C#N)c1ccc(N)cc1.N#CCc1ccc(Br)cc1. The number of nitriles is 5. The van der Waals surface area contributed by atoms with Crippen molar-refractivity contribution in [3.63, 3.8) is 0 Å². The largest absolute Gasteiger partial charge is 0.399 e. The van der Waals surface area contributed by atoms with Crippen molar-refractivity contribution in [1.82, 2.24) is 0 Å². The molecule has 8 N–H and O–H groups in total. The Morgan fingerprint density at radius 3 is 1.21 bits per heavy atom. The van der Waals surface area contributed by atoms with Crippen molar-refractivity contribution >= 4 is 60.3 Å². The second-order valence-electron chi connectivity index (χ2n) is 15.9. The number of nitro groups is 1. The first-order chi connectivity index (χ1) is 28.8. The molecule has 0 saturated carbocycles. The molecule has 320 valence electrons. The van der Waals surface area contributed by atoms with Crippen molar-refractivity contribution in [2.75, 3.05) is 22.9 Å². The number of hydrogen-bond donors (Lipinski definition) is 4. The zero-order valence-corrected chi connectivity index (χ0v) is 39.3. The Morgan fingerprint density at radius 1 is 0.500 bits per heavy atom. The number of benzene rings is 5. The Hall–Kier alpha value is -6.89. The normalized spacial score (nSPS) is 10.5. The minimum Gasteiger partial charge on any atom is -0.399 e. The smallest absolute Gasteiger partial charge is 0.292 e. The molecular formula is C48H52Br2N10O2. The molecule has 0 radical (unpaired) electrons. The third-order valence-corrected chi connectivity index (χ3v) is 10.3. The van der Waals surface area contributed by atoms with Crippen LogP contribution in [0.2, 0.25) is 0 Å². The second kappa shape index (κ2) is 23.8. The molecule has 0 bridgehead atoms. The van der Waals surface area contributed by atoms with Crippen molar-refractivity contribution in [2.24, 2.45) is 0 Å². The number of anilines is 4. The van der Waals surface area contributed by atoms with E-state index in [1.807, 2.05) is 120 Å². The molecule has 0 aromatic heterocycles. The molecule has 0 aliphatic carbocycles. The fraction of sp³-hybridized carbons (Fsp3) is 0.271. The molecule has 0 spiro atoms. The van der Waals surface area contributed by atoms with E-state index in [-0.39, 0.29) is 16.8 Å². The van der Waals surface area contributed by atoms with Gasteiger partial charge in [0.1, 0.15) is 5.69 Å². The molecule has 14 heteroatoms. The maximum atomic E-state index is 10.6. The van der Waals surface area contributed by atoms with Gasteiger partial charge < -0.3 is 22.9 Å². The van der Waals surface area contributed by atoms with Crippen LogP contribution in [0, 0.1) is 66.8 Å². The van der Waals surface area contributed by atoms with Gasteiger partial charge >= 0.3 is 0 Å². The molecule has 0 amide bonds. The second-order valence-corrected chi connectivity index (χ2v) is 17.7. The average Bonchev–Trinajstić information content (AvgIpc) is 3.24. The molecule has 5 aromatic carbocycles. The van der Waals surface area contributed by atoms with Crippen LogP contribution < -0.4 is 22.9 Å². The number of hydrogen-bond acceptors (Lipinski definition) is 11. The van der Waals surface area contributed by atoms with E-state index >= 15 is 0 Å². The highest BCUT2D eigenvalue weighted by Crippen LogP contribution is 2.30. The van der Waals surface area contributed by atoms with E-state index in [9.17, 15) is 10.1 Å². The zero-order valence-electron chi connectivity index (χ0n) is 36.2. The molecular weight excluding hydrogens is 908 g/mol. The maximum Gasteiger partial charge on any atom is 0.292 e. The number of nitro benzene ring substituents is 1. The molecule has 5 aromatic rings. The molecule has 5 rings (SSSR count). The van der Waals surface area contributed by atoms with Gasteiger partial charge in [-0.25, -0.2) is 0 Å². The highest BCUT2D eigenvalue weighted by atomic mass is 79.9. The predicted octanol–water partition coefficient (Wildman–Crippen LogP) is 11.5.